The zero-order valence-electron chi connectivity index (χ0n) is 10.2. The zero-order valence-corrected chi connectivity index (χ0v) is 11.0. The van der Waals surface area contributed by atoms with Crippen LogP contribution in [0.25, 0.3) is 0 Å². The molecule has 2 nitrogen and oxygen atoms in total. The second kappa shape index (κ2) is 5.10. The van der Waals surface area contributed by atoms with Crippen LogP contribution >= 0.6 is 11.3 Å². The summed E-state index contributed by atoms with van der Waals surface area (Å²) in [5.41, 5.74) is 7.47. The maximum Gasteiger partial charge on any atom is 0.0267 e. The molecule has 0 bridgehead atoms. The Morgan fingerprint density at radius 2 is 2.13 bits per heavy atom. The van der Waals surface area contributed by atoms with E-state index in [1.165, 1.54) is 5.56 Å². The molecule has 0 spiro atoms. The minimum absolute atomic E-state index is 0.236. The predicted molar refractivity (Wildman–Crippen MR) is 68.1 cm³/mol. The van der Waals surface area contributed by atoms with E-state index in [-0.39, 0.29) is 5.41 Å². The van der Waals surface area contributed by atoms with Crippen molar-refractivity contribution in [2.24, 2.45) is 11.1 Å². The normalized spacial score (nSPS) is 14.5. The Morgan fingerprint density at radius 1 is 1.47 bits per heavy atom. The van der Waals surface area contributed by atoms with Gasteiger partial charge in [-0.3, -0.25) is 4.90 Å². The van der Waals surface area contributed by atoms with Crippen LogP contribution in [0, 0.1) is 5.41 Å². The van der Waals surface area contributed by atoms with Gasteiger partial charge in [-0.05, 0) is 34.9 Å². The van der Waals surface area contributed by atoms with Gasteiger partial charge in [0.15, 0.2) is 0 Å². The van der Waals surface area contributed by atoms with Crippen LogP contribution in [0.2, 0.25) is 0 Å². The fourth-order valence-corrected chi connectivity index (χ4v) is 2.64. The Bertz CT molecular complexity index is 274. The first-order chi connectivity index (χ1) is 6.95. The monoisotopic (exact) mass is 226 g/mol. The molecule has 1 heterocycles. The van der Waals surface area contributed by atoms with E-state index >= 15 is 0 Å². The summed E-state index contributed by atoms with van der Waals surface area (Å²) in [5, 5.41) is 4.32. The molecule has 0 aliphatic carbocycles. The molecule has 1 aromatic rings. The van der Waals surface area contributed by atoms with E-state index < -0.39 is 0 Å². The van der Waals surface area contributed by atoms with Crippen LogP contribution in [0.3, 0.4) is 0 Å². The van der Waals surface area contributed by atoms with E-state index in [2.05, 4.69) is 49.5 Å². The average molecular weight is 226 g/mol. The van der Waals surface area contributed by atoms with Crippen molar-refractivity contribution in [3.05, 3.63) is 22.4 Å². The summed E-state index contributed by atoms with van der Waals surface area (Å²) < 4.78 is 0. The molecular formula is C12H22N2S. The Labute approximate surface area is 97.1 Å². The van der Waals surface area contributed by atoms with Gasteiger partial charge >= 0.3 is 0 Å². The smallest absolute Gasteiger partial charge is 0.0267 e. The summed E-state index contributed by atoms with van der Waals surface area (Å²) in [6.07, 6.45) is 0. The Balaban J connectivity index is 2.62. The van der Waals surface area contributed by atoms with E-state index in [1.54, 1.807) is 11.3 Å². The van der Waals surface area contributed by atoms with Gasteiger partial charge in [-0.25, -0.2) is 0 Å². The highest BCUT2D eigenvalue weighted by Crippen LogP contribution is 2.24. The second-order valence-corrected chi connectivity index (χ2v) is 5.94. The topological polar surface area (TPSA) is 29.3 Å². The van der Waals surface area contributed by atoms with Crippen LogP contribution in [-0.2, 0) is 6.54 Å². The summed E-state index contributed by atoms with van der Waals surface area (Å²) in [6, 6.07) is 2.61. The Morgan fingerprint density at radius 3 is 2.53 bits per heavy atom. The minimum atomic E-state index is 0.236. The quantitative estimate of drug-likeness (QED) is 0.855. The molecule has 0 aromatic carbocycles. The van der Waals surface area contributed by atoms with Crippen molar-refractivity contribution in [1.82, 2.24) is 4.90 Å². The first-order valence-corrected chi connectivity index (χ1v) is 6.31. The Kier molecular flexibility index (Phi) is 4.32. The molecule has 1 rings (SSSR count). The van der Waals surface area contributed by atoms with Crippen molar-refractivity contribution in [3.8, 4) is 0 Å². The van der Waals surface area contributed by atoms with E-state index in [0.29, 0.717) is 12.6 Å². The van der Waals surface area contributed by atoms with E-state index in [4.69, 9.17) is 5.73 Å². The highest BCUT2D eigenvalue weighted by atomic mass is 32.1. The van der Waals surface area contributed by atoms with Gasteiger partial charge in [0.05, 0.1) is 0 Å². The molecule has 0 radical (unpaired) electrons. The van der Waals surface area contributed by atoms with Crippen LogP contribution in [0.5, 0.6) is 0 Å². The standard InChI is InChI=1S/C12H22N2S/c1-12(2,3)11(7-13)14(4)8-10-5-6-15-9-10/h5-6,9,11H,7-8,13H2,1-4H3. The fraction of sp³-hybridized carbons (Fsp3) is 0.667. The zero-order chi connectivity index (χ0) is 11.5. The van der Waals surface area contributed by atoms with Crippen molar-refractivity contribution in [2.75, 3.05) is 13.6 Å². The molecule has 0 fully saturated rings. The summed E-state index contributed by atoms with van der Waals surface area (Å²) in [4.78, 5) is 2.35. The van der Waals surface area contributed by atoms with E-state index in [1.807, 2.05) is 0 Å². The van der Waals surface area contributed by atoms with Crippen molar-refractivity contribution >= 4 is 11.3 Å². The molecule has 86 valence electrons. The number of nitrogens with zero attached hydrogens (tertiary/aromatic N) is 1. The van der Waals surface area contributed by atoms with Gasteiger partial charge in [0.2, 0.25) is 0 Å². The van der Waals surface area contributed by atoms with E-state index in [0.717, 1.165) is 6.54 Å². The fourth-order valence-electron chi connectivity index (χ4n) is 1.98. The maximum atomic E-state index is 5.85. The molecule has 0 aliphatic heterocycles. The SMILES string of the molecule is CN(Cc1ccsc1)C(CN)C(C)(C)C. The summed E-state index contributed by atoms with van der Waals surface area (Å²) in [7, 11) is 2.15. The third-order valence-electron chi connectivity index (χ3n) is 2.77. The van der Waals surface area contributed by atoms with Gasteiger partial charge < -0.3 is 5.73 Å². The number of nitrogens with two attached hydrogens (primary N) is 1. The van der Waals surface area contributed by atoms with Crippen molar-refractivity contribution in [3.63, 3.8) is 0 Å². The molecular weight excluding hydrogens is 204 g/mol. The maximum absolute atomic E-state index is 5.85. The molecule has 1 aromatic heterocycles. The molecule has 1 unspecified atom stereocenters. The molecule has 0 aliphatic rings. The van der Waals surface area contributed by atoms with Crippen LogP contribution in [0.4, 0.5) is 0 Å². The lowest BCUT2D eigenvalue weighted by atomic mass is 9.86. The van der Waals surface area contributed by atoms with Gasteiger partial charge in [0.1, 0.15) is 0 Å². The first kappa shape index (κ1) is 12.7. The van der Waals surface area contributed by atoms with Crippen LogP contribution in [-0.4, -0.2) is 24.5 Å². The van der Waals surface area contributed by atoms with Gasteiger partial charge in [-0.2, -0.15) is 11.3 Å². The van der Waals surface area contributed by atoms with E-state index in [9.17, 15) is 0 Å². The third kappa shape index (κ3) is 3.59. The number of thiophene rings is 1. The molecule has 3 heteroatoms. The lowest BCUT2D eigenvalue weighted by molar-refractivity contribution is 0.126. The van der Waals surface area contributed by atoms with Crippen molar-refractivity contribution in [2.45, 2.75) is 33.4 Å². The molecule has 0 saturated heterocycles. The number of likely N-dealkylation sites (N-methyl/N-ethyl adjacent to an activating group) is 1. The van der Waals surface area contributed by atoms with Crippen LogP contribution < -0.4 is 5.73 Å². The van der Waals surface area contributed by atoms with Gasteiger partial charge in [-0.1, -0.05) is 20.8 Å². The lowest BCUT2D eigenvalue weighted by Crippen LogP contribution is -2.46. The van der Waals surface area contributed by atoms with Gasteiger partial charge in [0.25, 0.3) is 0 Å². The number of hydrogen-bond donors (Lipinski definition) is 1. The minimum Gasteiger partial charge on any atom is -0.329 e. The highest BCUT2D eigenvalue weighted by Gasteiger charge is 2.26. The highest BCUT2D eigenvalue weighted by molar-refractivity contribution is 7.07. The largest absolute Gasteiger partial charge is 0.329 e. The molecule has 0 amide bonds. The van der Waals surface area contributed by atoms with Gasteiger partial charge in [0, 0.05) is 19.1 Å². The van der Waals surface area contributed by atoms with Crippen LogP contribution in [0.1, 0.15) is 26.3 Å². The molecule has 15 heavy (non-hydrogen) atoms. The molecule has 2 N–H and O–H groups in total. The molecule has 1 atom stereocenters. The first-order valence-electron chi connectivity index (χ1n) is 5.36. The third-order valence-corrected chi connectivity index (χ3v) is 3.50. The summed E-state index contributed by atoms with van der Waals surface area (Å²) in [6.45, 7) is 8.44. The average Bonchev–Trinajstić information content (AvgIpc) is 2.54. The molecule has 0 saturated carbocycles. The number of rotatable bonds is 4. The second-order valence-electron chi connectivity index (χ2n) is 5.16. The lowest BCUT2D eigenvalue weighted by Gasteiger charge is -2.37. The van der Waals surface area contributed by atoms with Gasteiger partial charge in [-0.15, -0.1) is 0 Å². The Hall–Kier alpha value is -0.380. The number of hydrogen-bond acceptors (Lipinski definition) is 3. The van der Waals surface area contributed by atoms with Crippen LogP contribution in [0.15, 0.2) is 16.8 Å². The van der Waals surface area contributed by atoms with Crippen molar-refractivity contribution < 1.29 is 0 Å². The summed E-state index contributed by atoms with van der Waals surface area (Å²) >= 11 is 1.75. The summed E-state index contributed by atoms with van der Waals surface area (Å²) in [5.74, 6) is 0. The van der Waals surface area contributed by atoms with Crippen molar-refractivity contribution in [1.29, 1.82) is 0 Å². The predicted octanol–water partition coefficient (Wildman–Crippen LogP) is 2.55.